The molecule has 3 nitrogen and oxygen atoms in total. The number of aliphatic hydroxyl groups excluding tert-OH is 1. The van der Waals surface area contributed by atoms with Crippen molar-refractivity contribution in [2.24, 2.45) is 0 Å². The van der Waals surface area contributed by atoms with Crippen LogP contribution in [-0.4, -0.2) is 22.7 Å². The largest absolute Gasteiger partial charge is 0.392 e. The molecule has 0 amide bonds. The minimum atomic E-state index is -0.341. The highest BCUT2D eigenvalue weighted by molar-refractivity contribution is 6.35. The number of hydrogen-bond acceptors (Lipinski definition) is 2. The molecular formula is C20H21ClN2O. The van der Waals surface area contributed by atoms with Crippen molar-refractivity contribution in [2.45, 2.75) is 31.9 Å². The zero-order valence-electron chi connectivity index (χ0n) is 13.6. The Labute approximate surface area is 146 Å². The summed E-state index contributed by atoms with van der Waals surface area (Å²) in [5, 5.41) is 14.9. The Kier molecular flexibility index (Phi) is 4.09. The molecule has 4 rings (SSSR count). The summed E-state index contributed by atoms with van der Waals surface area (Å²) in [7, 11) is 0. The topological polar surface area (TPSA) is 48.0 Å². The van der Waals surface area contributed by atoms with Crippen LogP contribution in [0, 0.1) is 0 Å². The molecule has 0 radical (unpaired) electrons. The number of H-pyrrole nitrogens is 1. The second-order valence-electron chi connectivity index (χ2n) is 6.61. The molecule has 3 N–H and O–H groups in total. The van der Waals surface area contributed by atoms with Crippen LogP contribution >= 0.6 is 11.6 Å². The lowest BCUT2D eigenvalue weighted by atomic mass is 10.0. The molecule has 0 aliphatic heterocycles. The minimum Gasteiger partial charge on any atom is -0.392 e. The maximum Gasteiger partial charge on any atom is 0.0653 e. The molecule has 2 atom stereocenters. The monoisotopic (exact) mass is 340 g/mol. The summed E-state index contributed by atoms with van der Waals surface area (Å²) in [5.41, 5.74) is 5.92. The lowest BCUT2D eigenvalue weighted by molar-refractivity contribution is 0.186. The van der Waals surface area contributed by atoms with Crippen molar-refractivity contribution in [1.29, 1.82) is 0 Å². The molecule has 4 heteroatoms. The number of hydrogen-bond donors (Lipinski definition) is 3. The first kappa shape index (κ1) is 15.7. The number of aliphatic hydroxyl groups is 1. The maximum absolute atomic E-state index is 9.51. The number of aromatic amines is 1. The van der Waals surface area contributed by atoms with Gasteiger partial charge in [0.15, 0.2) is 0 Å². The van der Waals surface area contributed by atoms with Gasteiger partial charge in [-0.15, -0.1) is 0 Å². The molecule has 0 unspecified atom stereocenters. The zero-order valence-corrected chi connectivity index (χ0v) is 14.4. The number of nitrogens with one attached hydrogen (secondary N) is 2. The lowest BCUT2D eigenvalue weighted by Gasteiger charge is -2.14. The van der Waals surface area contributed by atoms with Gasteiger partial charge in [0.25, 0.3) is 0 Å². The van der Waals surface area contributed by atoms with Crippen LogP contribution in [0.3, 0.4) is 0 Å². The molecule has 1 aliphatic carbocycles. The Morgan fingerprint density at radius 3 is 2.79 bits per heavy atom. The van der Waals surface area contributed by atoms with E-state index in [4.69, 9.17) is 11.6 Å². The van der Waals surface area contributed by atoms with Crippen molar-refractivity contribution in [3.05, 3.63) is 58.7 Å². The van der Waals surface area contributed by atoms with Crippen molar-refractivity contribution < 1.29 is 5.11 Å². The fourth-order valence-electron chi connectivity index (χ4n) is 3.64. The second-order valence-corrected chi connectivity index (χ2v) is 7.02. The van der Waals surface area contributed by atoms with Crippen LogP contribution in [0.4, 0.5) is 0 Å². The molecule has 0 saturated heterocycles. The second kappa shape index (κ2) is 6.25. The van der Waals surface area contributed by atoms with Crippen LogP contribution in [0.2, 0.25) is 5.02 Å². The summed E-state index contributed by atoms with van der Waals surface area (Å²) in [6.07, 6.45) is 1.74. The molecule has 3 aromatic rings. The number of halogens is 1. The smallest absolute Gasteiger partial charge is 0.0653 e. The first-order valence-corrected chi connectivity index (χ1v) is 8.82. The van der Waals surface area contributed by atoms with Crippen LogP contribution in [0.1, 0.15) is 30.6 Å². The summed E-state index contributed by atoms with van der Waals surface area (Å²) in [5.74, 6) is 0. The summed E-state index contributed by atoms with van der Waals surface area (Å²) >= 11 is 6.56. The van der Waals surface area contributed by atoms with Gasteiger partial charge in [-0.25, -0.2) is 0 Å². The van der Waals surface area contributed by atoms with Gasteiger partial charge in [-0.3, -0.25) is 0 Å². The van der Waals surface area contributed by atoms with Crippen LogP contribution in [0.5, 0.6) is 0 Å². The van der Waals surface area contributed by atoms with E-state index >= 15 is 0 Å². The quantitative estimate of drug-likeness (QED) is 0.657. The van der Waals surface area contributed by atoms with Crippen molar-refractivity contribution in [1.82, 2.24) is 10.3 Å². The Morgan fingerprint density at radius 1 is 1.25 bits per heavy atom. The van der Waals surface area contributed by atoms with Gasteiger partial charge in [-0.1, -0.05) is 41.9 Å². The highest BCUT2D eigenvalue weighted by Crippen LogP contribution is 2.40. The molecule has 1 aromatic heterocycles. The van der Waals surface area contributed by atoms with E-state index in [2.05, 4.69) is 28.5 Å². The van der Waals surface area contributed by atoms with Crippen LogP contribution in [-0.2, 0) is 6.42 Å². The average Bonchev–Trinajstić information content (AvgIpc) is 3.14. The van der Waals surface area contributed by atoms with Crippen LogP contribution in [0.25, 0.3) is 22.0 Å². The third-order valence-corrected chi connectivity index (χ3v) is 5.10. The predicted molar refractivity (Wildman–Crippen MR) is 99.5 cm³/mol. The normalized spacial score (nSPS) is 18.0. The Morgan fingerprint density at radius 2 is 2.04 bits per heavy atom. The third kappa shape index (κ3) is 2.73. The van der Waals surface area contributed by atoms with E-state index in [0.29, 0.717) is 6.54 Å². The molecular weight excluding hydrogens is 320 g/mol. The first-order valence-electron chi connectivity index (χ1n) is 8.44. The highest BCUT2D eigenvalue weighted by Gasteiger charge is 2.27. The van der Waals surface area contributed by atoms with Gasteiger partial charge in [-0.2, -0.15) is 0 Å². The predicted octanol–water partition coefficient (Wildman–Crippen LogP) is 4.45. The van der Waals surface area contributed by atoms with E-state index in [1.807, 2.05) is 24.3 Å². The first-order chi connectivity index (χ1) is 11.6. The number of fused-ring (bicyclic) bond motifs is 3. The summed E-state index contributed by atoms with van der Waals surface area (Å²) in [6.45, 7) is 2.40. The van der Waals surface area contributed by atoms with Gasteiger partial charge in [-0.05, 0) is 48.6 Å². The number of benzene rings is 2. The maximum atomic E-state index is 9.51. The van der Waals surface area contributed by atoms with Gasteiger partial charge >= 0.3 is 0 Å². The number of rotatable bonds is 4. The summed E-state index contributed by atoms with van der Waals surface area (Å²) in [6, 6.07) is 14.9. The molecule has 0 fully saturated rings. The molecule has 24 heavy (non-hydrogen) atoms. The molecule has 0 spiro atoms. The molecule has 1 heterocycles. The molecule has 0 saturated carbocycles. The molecule has 2 aromatic carbocycles. The zero-order chi connectivity index (χ0) is 16.7. The van der Waals surface area contributed by atoms with Gasteiger partial charge < -0.3 is 15.4 Å². The van der Waals surface area contributed by atoms with Gasteiger partial charge in [0.1, 0.15) is 0 Å². The van der Waals surface area contributed by atoms with Gasteiger partial charge in [0, 0.05) is 23.7 Å². The van der Waals surface area contributed by atoms with E-state index in [-0.39, 0.29) is 12.1 Å². The van der Waals surface area contributed by atoms with E-state index in [9.17, 15) is 5.11 Å². The van der Waals surface area contributed by atoms with Crippen LogP contribution < -0.4 is 5.32 Å². The standard InChI is InChI=1S/C20H21ClN2O/c1-12(24)11-22-18-8-7-15-16-9-14(13-5-3-2-4-6-13)10-17(21)19(16)23-20(15)18/h2-6,9-10,12,18,22-24H,7-8,11H2,1H3/t12-,18-/m0/s1. The van der Waals surface area contributed by atoms with Gasteiger partial charge in [0.2, 0.25) is 0 Å². The fourth-order valence-corrected chi connectivity index (χ4v) is 3.91. The summed E-state index contributed by atoms with van der Waals surface area (Å²) in [4.78, 5) is 3.52. The average molecular weight is 341 g/mol. The minimum absolute atomic E-state index is 0.262. The van der Waals surface area contributed by atoms with Crippen LogP contribution in [0.15, 0.2) is 42.5 Å². The van der Waals surface area contributed by atoms with E-state index in [1.165, 1.54) is 22.2 Å². The third-order valence-electron chi connectivity index (χ3n) is 4.80. The highest BCUT2D eigenvalue weighted by atomic mass is 35.5. The van der Waals surface area contributed by atoms with Crippen molar-refractivity contribution in [3.63, 3.8) is 0 Å². The van der Waals surface area contributed by atoms with Crippen molar-refractivity contribution >= 4 is 22.5 Å². The molecule has 124 valence electrons. The van der Waals surface area contributed by atoms with E-state index in [0.717, 1.165) is 28.9 Å². The Hall–Kier alpha value is -1.81. The number of aryl methyl sites for hydroxylation is 1. The fraction of sp³-hybridized carbons (Fsp3) is 0.300. The Balaban J connectivity index is 1.77. The molecule has 0 bridgehead atoms. The SMILES string of the molecule is C[C@H](O)CN[C@H]1CCc2c1[nH]c1c(Cl)cc(-c3ccccc3)cc21. The van der Waals surface area contributed by atoms with Crippen molar-refractivity contribution in [2.75, 3.05) is 6.54 Å². The summed E-state index contributed by atoms with van der Waals surface area (Å²) < 4.78 is 0. The number of aromatic nitrogens is 1. The van der Waals surface area contributed by atoms with E-state index < -0.39 is 0 Å². The lowest BCUT2D eigenvalue weighted by Crippen LogP contribution is -2.27. The Bertz CT molecular complexity index is 870. The van der Waals surface area contributed by atoms with E-state index in [1.54, 1.807) is 6.92 Å². The van der Waals surface area contributed by atoms with Crippen molar-refractivity contribution in [3.8, 4) is 11.1 Å². The van der Waals surface area contributed by atoms with Gasteiger partial charge in [0.05, 0.1) is 16.6 Å². The molecule has 1 aliphatic rings.